The van der Waals surface area contributed by atoms with Crippen molar-refractivity contribution >= 4 is 47.0 Å². The highest BCUT2D eigenvalue weighted by Crippen LogP contribution is 2.33. The van der Waals surface area contributed by atoms with Crippen molar-refractivity contribution in [2.45, 2.75) is 37.3 Å². The lowest BCUT2D eigenvalue weighted by atomic mass is 9.86. The molecule has 2 saturated heterocycles. The van der Waals surface area contributed by atoms with E-state index >= 15 is 0 Å². The van der Waals surface area contributed by atoms with Gasteiger partial charge in [-0.15, -0.1) is 0 Å². The number of rotatable bonds is 6. The molecule has 0 aromatic carbocycles. The van der Waals surface area contributed by atoms with Crippen LogP contribution in [-0.4, -0.2) is 104 Å². The van der Waals surface area contributed by atoms with Gasteiger partial charge in [-0.05, 0) is 24.5 Å². The fourth-order valence-corrected chi connectivity index (χ4v) is 4.82. The number of amides is 2. The summed E-state index contributed by atoms with van der Waals surface area (Å²) in [4.78, 5) is 55.4. The van der Waals surface area contributed by atoms with Crippen molar-refractivity contribution in [3.8, 4) is 0 Å². The van der Waals surface area contributed by atoms with Crippen LogP contribution in [0.4, 0.5) is 26.3 Å². The quantitative estimate of drug-likeness (QED) is 0.331. The van der Waals surface area contributed by atoms with Crippen molar-refractivity contribution in [1.29, 1.82) is 0 Å². The van der Waals surface area contributed by atoms with E-state index in [9.17, 15) is 35.9 Å². The molecule has 1 spiro atoms. The molecule has 4 heterocycles. The molecule has 2 aromatic heterocycles. The Morgan fingerprint density at radius 2 is 1.49 bits per heavy atom. The van der Waals surface area contributed by atoms with Gasteiger partial charge in [0.15, 0.2) is 0 Å². The Morgan fingerprint density at radius 1 is 0.956 bits per heavy atom. The molecule has 2 aliphatic heterocycles. The number of carbonyl (C=O) groups excluding carboxylic acids is 2. The second-order valence-corrected chi connectivity index (χ2v) is 10.3. The molecule has 12 nitrogen and oxygen atoms in total. The van der Waals surface area contributed by atoms with Gasteiger partial charge in [-0.25, -0.2) is 9.59 Å². The summed E-state index contributed by atoms with van der Waals surface area (Å²) in [6, 6.07) is 3.94. The molecule has 2 amide bonds. The highest BCUT2D eigenvalue weighted by molar-refractivity contribution is 6.39. The van der Waals surface area contributed by atoms with Gasteiger partial charge < -0.3 is 25.7 Å². The Balaban J connectivity index is 0.000000421. The third kappa shape index (κ3) is 11.0. The first-order chi connectivity index (χ1) is 20.9. The van der Waals surface area contributed by atoms with Gasteiger partial charge in [-0.1, -0.05) is 29.3 Å². The molecule has 2 aromatic rings. The molecule has 2 aliphatic rings. The highest BCUT2D eigenvalue weighted by Gasteiger charge is 2.49. The van der Waals surface area contributed by atoms with Crippen molar-refractivity contribution in [3.05, 3.63) is 58.1 Å². The summed E-state index contributed by atoms with van der Waals surface area (Å²) in [6.07, 6.45) is -2.28. The van der Waals surface area contributed by atoms with Crippen LogP contribution in [-0.2, 0) is 20.9 Å². The molecular formula is C25H26Cl2F6N6O6. The minimum absolute atomic E-state index is 0.103. The van der Waals surface area contributed by atoms with Gasteiger partial charge in [0.05, 0.1) is 22.3 Å². The third-order valence-electron chi connectivity index (χ3n) is 6.52. The SMILES string of the molecule is O=C(NCCN1CCC2(CC1)C(=O)NCN2Cc1cccnc1)c1c(Cl)cncc1Cl.O=C(O)C(F)(F)F.O=C(O)C(F)(F)F. The lowest BCUT2D eigenvalue weighted by Gasteiger charge is -2.42. The van der Waals surface area contributed by atoms with E-state index in [2.05, 4.69) is 30.4 Å². The number of hydrogen-bond donors (Lipinski definition) is 4. The maximum Gasteiger partial charge on any atom is 0.490 e. The molecule has 0 atom stereocenters. The fourth-order valence-electron chi connectivity index (χ4n) is 4.28. The summed E-state index contributed by atoms with van der Waals surface area (Å²) in [5, 5.41) is 20.6. The molecule has 4 rings (SSSR count). The molecule has 2 fully saturated rings. The van der Waals surface area contributed by atoms with Crippen molar-refractivity contribution in [1.82, 2.24) is 30.4 Å². The number of alkyl halides is 6. The maximum absolute atomic E-state index is 12.7. The summed E-state index contributed by atoms with van der Waals surface area (Å²) in [7, 11) is 0. The van der Waals surface area contributed by atoms with E-state index in [1.807, 2.05) is 18.3 Å². The molecule has 248 valence electrons. The Kier molecular flexibility index (Phi) is 13.3. The molecule has 4 N–H and O–H groups in total. The lowest BCUT2D eigenvalue weighted by molar-refractivity contribution is -0.193. The zero-order valence-corrected chi connectivity index (χ0v) is 24.5. The van der Waals surface area contributed by atoms with E-state index in [1.165, 1.54) is 12.4 Å². The van der Waals surface area contributed by atoms with E-state index in [0.717, 1.165) is 31.5 Å². The van der Waals surface area contributed by atoms with Crippen LogP contribution in [0.1, 0.15) is 28.8 Å². The Labute approximate surface area is 261 Å². The minimum atomic E-state index is -5.08. The normalized spacial score (nSPS) is 16.5. The summed E-state index contributed by atoms with van der Waals surface area (Å²) in [6.45, 7) is 3.96. The van der Waals surface area contributed by atoms with Crippen LogP contribution < -0.4 is 10.6 Å². The average molecular weight is 691 g/mol. The van der Waals surface area contributed by atoms with Gasteiger partial charge >= 0.3 is 24.3 Å². The van der Waals surface area contributed by atoms with Crippen LogP contribution in [0.5, 0.6) is 0 Å². The topological polar surface area (TPSA) is 165 Å². The first kappa shape index (κ1) is 37.4. The largest absolute Gasteiger partial charge is 0.490 e. The van der Waals surface area contributed by atoms with Crippen molar-refractivity contribution in [3.63, 3.8) is 0 Å². The predicted octanol–water partition coefficient (Wildman–Crippen LogP) is 3.20. The van der Waals surface area contributed by atoms with Gasteiger partial charge in [-0.2, -0.15) is 26.3 Å². The number of carboxylic acid groups (broad SMARTS) is 2. The number of nitrogens with zero attached hydrogens (tertiary/aromatic N) is 4. The molecule has 20 heteroatoms. The Bertz CT molecular complexity index is 1300. The number of hydrogen-bond acceptors (Lipinski definition) is 8. The summed E-state index contributed by atoms with van der Waals surface area (Å²) >= 11 is 12.1. The van der Waals surface area contributed by atoms with Crippen LogP contribution in [0.3, 0.4) is 0 Å². The van der Waals surface area contributed by atoms with E-state index < -0.39 is 29.8 Å². The van der Waals surface area contributed by atoms with Gasteiger partial charge in [0.2, 0.25) is 5.91 Å². The van der Waals surface area contributed by atoms with Crippen molar-refractivity contribution < 1.29 is 55.7 Å². The van der Waals surface area contributed by atoms with E-state index in [0.29, 0.717) is 26.3 Å². The van der Waals surface area contributed by atoms with Gasteiger partial charge in [0.1, 0.15) is 5.54 Å². The van der Waals surface area contributed by atoms with Gasteiger partial charge in [0.25, 0.3) is 5.91 Å². The standard InChI is InChI=1S/C21H24Cl2N6O2.2C2HF3O2/c22-16-11-25-12-17(23)18(16)19(30)26-6-9-28-7-3-21(4-8-28)20(31)27-14-29(21)13-15-2-1-5-24-10-15;2*3-2(4,5)1(6)7/h1-2,5,10-12H,3-4,6-9,13-14H2,(H,26,30)(H,27,31);2*(H,6,7). The number of pyridine rings is 2. The van der Waals surface area contributed by atoms with Crippen LogP contribution in [0.15, 0.2) is 36.9 Å². The zero-order chi connectivity index (χ0) is 34.0. The van der Waals surface area contributed by atoms with Gasteiger partial charge in [-0.3, -0.25) is 24.5 Å². The van der Waals surface area contributed by atoms with Crippen LogP contribution >= 0.6 is 23.2 Å². The van der Waals surface area contributed by atoms with Crippen LogP contribution in [0, 0.1) is 0 Å². The molecule has 45 heavy (non-hydrogen) atoms. The van der Waals surface area contributed by atoms with Crippen LogP contribution in [0.25, 0.3) is 0 Å². The monoisotopic (exact) mass is 690 g/mol. The third-order valence-corrected chi connectivity index (χ3v) is 7.09. The minimum Gasteiger partial charge on any atom is -0.475 e. The number of halogens is 8. The van der Waals surface area contributed by atoms with E-state index in [-0.39, 0.29) is 27.4 Å². The maximum atomic E-state index is 12.7. The van der Waals surface area contributed by atoms with Crippen molar-refractivity contribution in [2.75, 3.05) is 32.8 Å². The lowest BCUT2D eigenvalue weighted by Crippen LogP contribution is -2.56. The average Bonchev–Trinajstić information content (AvgIpc) is 3.24. The molecule has 0 radical (unpaired) electrons. The number of likely N-dealkylation sites (tertiary alicyclic amines) is 1. The molecule has 0 aliphatic carbocycles. The molecule has 0 saturated carbocycles. The number of carbonyl (C=O) groups is 4. The fraction of sp³-hybridized carbons (Fsp3) is 0.440. The summed E-state index contributed by atoms with van der Waals surface area (Å²) in [5.41, 5.74) is 0.856. The van der Waals surface area contributed by atoms with Crippen molar-refractivity contribution in [2.24, 2.45) is 0 Å². The second-order valence-electron chi connectivity index (χ2n) is 9.44. The summed E-state index contributed by atoms with van der Waals surface area (Å²) in [5.74, 6) is -5.73. The Morgan fingerprint density at radius 3 is 1.96 bits per heavy atom. The molecule has 0 bridgehead atoms. The van der Waals surface area contributed by atoms with Gasteiger partial charge in [0, 0.05) is 57.5 Å². The van der Waals surface area contributed by atoms with E-state index in [4.69, 9.17) is 43.0 Å². The number of aromatic nitrogens is 2. The predicted molar refractivity (Wildman–Crippen MR) is 145 cm³/mol. The first-order valence-electron chi connectivity index (χ1n) is 12.7. The number of aliphatic carboxylic acids is 2. The molecule has 0 unspecified atom stereocenters. The van der Waals surface area contributed by atoms with E-state index in [1.54, 1.807) is 6.20 Å². The number of nitrogens with one attached hydrogen (secondary N) is 2. The molecular weight excluding hydrogens is 665 g/mol. The Hall–Kier alpha value is -3.74. The van der Waals surface area contributed by atoms with Crippen LogP contribution in [0.2, 0.25) is 10.0 Å². The zero-order valence-electron chi connectivity index (χ0n) is 23.0. The number of piperidine rings is 1. The number of carboxylic acids is 2. The summed E-state index contributed by atoms with van der Waals surface area (Å²) < 4.78 is 63.5. The highest BCUT2D eigenvalue weighted by atomic mass is 35.5. The smallest absolute Gasteiger partial charge is 0.475 e. The first-order valence-corrected chi connectivity index (χ1v) is 13.5. The second kappa shape index (κ2) is 16.0.